The third-order valence-corrected chi connectivity index (χ3v) is 2.52. The summed E-state index contributed by atoms with van der Waals surface area (Å²) >= 11 is 5.32. The zero-order valence-corrected chi connectivity index (χ0v) is 14.3. The Labute approximate surface area is 113 Å². The van der Waals surface area contributed by atoms with Crippen LogP contribution in [0.25, 0.3) is 0 Å². The van der Waals surface area contributed by atoms with Gasteiger partial charge in [0.2, 0.25) is 0 Å². The molecule has 0 aliphatic carbocycles. The van der Waals surface area contributed by atoms with Gasteiger partial charge in [0.1, 0.15) is 0 Å². The molecule has 2 nitrogen and oxygen atoms in total. The van der Waals surface area contributed by atoms with Crippen LogP contribution < -0.4 is 0 Å². The van der Waals surface area contributed by atoms with Crippen LogP contribution in [0, 0.1) is 5.92 Å². The summed E-state index contributed by atoms with van der Waals surface area (Å²) in [4.78, 5) is 12.5. The van der Waals surface area contributed by atoms with Gasteiger partial charge in [-0.1, -0.05) is 39.5 Å². The van der Waals surface area contributed by atoms with E-state index in [0.717, 1.165) is 18.8 Å². The molecule has 0 amide bonds. The van der Waals surface area contributed by atoms with Gasteiger partial charge in [-0.25, -0.2) is 0 Å². The molecular formula is C11H24O2SSn. The Morgan fingerprint density at radius 3 is 2.07 bits per heavy atom. The van der Waals surface area contributed by atoms with Crippen molar-refractivity contribution in [3.63, 3.8) is 0 Å². The number of unbranched alkanes of at least 4 members (excludes halogenated alkanes) is 2. The number of rotatable bonds is 7. The van der Waals surface area contributed by atoms with Gasteiger partial charge < -0.3 is 5.11 Å². The Morgan fingerprint density at radius 1 is 1.20 bits per heavy atom. The molecule has 0 saturated carbocycles. The predicted octanol–water partition coefficient (Wildman–Crippen LogP) is 2.91. The predicted molar refractivity (Wildman–Crippen MR) is 71.3 cm³/mol. The van der Waals surface area contributed by atoms with Crippen LogP contribution in [-0.2, 0) is 4.79 Å². The van der Waals surface area contributed by atoms with Crippen LogP contribution in [0.1, 0.15) is 46.0 Å². The second-order valence-corrected chi connectivity index (χ2v) is 4.51. The fourth-order valence-corrected chi connectivity index (χ4v) is 1.37. The molecular weight excluding hydrogens is 315 g/mol. The number of carbonyl (C=O) groups is 1. The summed E-state index contributed by atoms with van der Waals surface area (Å²) in [5.41, 5.74) is 0. The van der Waals surface area contributed by atoms with Crippen LogP contribution >= 0.6 is 12.6 Å². The van der Waals surface area contributed by atoms with Gasteiger partial charge in [-0.05, 0) is 12.3 Å². The van der Waals surface area contributed by atoms with Crippen molar-refractivity contribution < 1.29 is 9.90 Å². The molecule has 0 aliphatic heterocycles. The van der Waals surface area contributed by atoms with Gasteiger partial charge in [0, 0.05) is 0 Å². The van der Waals surface area contributed by atoms with E-state index in [9.17, 15) is 4.79 Å². The van der Waals surface area contributed by atoms with Crippen molar-refractivity contribution in [3.05, 3.63) is 0 Å². The van der Waals surface area contributed by atoms with Gasteiger partial charge in [0.15, 0.2) is 0 Å². The van der Waals surface area contributed by atoms with Crippen LogP contribution in [0.4, 0.5) is 0 Å². The maximum absolute atomic E-state index is 10.4. The van der Waals surface area contributed by atoms with Crippen LogP contribution in [0.2, 0.25) is 4.94 Å². The number of aliphatic carboxylic acids is 1. The van der Waals surface area contributed by atoms with Crippen LogP contribution in [0.15, 0.2) is 0 Å². The fourth-order valence-electron chi connectivity index (χ4n) is 1.19. The van der Waals surface area contributed by atoms with Crippen molar-refractivity contribution in [2.45, 2.75) is 56.1 Å². The van der Waals surface area contributed by atoms with Crippen molar-refractivity contribution in [1.29, 1.82) is 0 Å². The summed E-state index contributed by atoms with van der Waals surface area (Å²) in [7, 11) is 0. The van der Waals surface area contributed by atoms with Gasteiger partial charge in [-0.3, -0.25) is 4.79 Å². The minimum atomic E-state index is -0.799. The average Bonchev–Trinajstić information content (AvgIpc) is 2.19. The summed E-state index contributed by atoms with van der Waals surface area (Å²) in [6, 6.07) is 0. The molecule has 1 N–H and O–H groups in total. The molecule has 1 atom stereocenters. The molecule has 90 valence electrons. The van der Waals surface area contributed by atoms with E-state index in [1.54, 1.807) is 0 Å². The normalized spacial score (nSPS) is 11.9. The van der Waals surface area contributed by atoms with Gasteiger partial charge in [-0.2, -0.15) is 12.6 Å². The molecule has 0 fully saturated rings. The van der Waals surface area contributed by atoms with E-state index in [0.29, 0.717) is 6.42 Å². The van der Waals surface area contributed by atoms with Crippen molar-refractivity contribution in [2.24, 2.45) is 5.92 Å². The molecule has 0 rings (SSSR count). The van der Waals surface area contributed by atoms with E-state index in [2.05, 4.69) is 31.4 Å². The molecule has 15 heavy (non-hydrogen) atoms. The summed E-state index contributed by atoms with van der Waals surface area (Å²) in [5, 5.41) is 8.08. The zero-order valence-electron chi connectivity index (χ0n) is 10.1. The van der Waals surface area contributed by atoms with Gasteiger partial charge in [0.05, 0.1) is 5.25 Å². The number of hydrogen-bond acceptors (Lipinski definition) is 2. The third kappa shape index (κ3) is 14.6. The van der Waals surface area contributed by atoms with Crippen molar-refractivity contribution in [1.82, 2.24) is 0 Å². The first-order valence-electron chi connectivity index (χ1n) is 5.52. The Balaban J connectivity index is 0. The maximum atomic E-state index is 10.4. The van der Waals surface area contributed by atoms with E-state index >= 15 is 0 Å². The van der Waals surface area contributed by atoms with Crippen LogP contribution in [0.5, 0.6) is 0 Å². The van der Waals surface area contributed by atoms with Gasteiger partial charge in [0.25, 0.3) is 0 Å². The molecule has 0 bridgehead atoms. The van der Waals surface area contributed by atoms with Crippen molar-refractivity contribution in [3.8, 4) is 0 Å². The summed E-state index contributed by atoms with van der Waals surface area (Å²) in [6.07, 6.45) is 5.24. The fraction of sp³-hybridized carbons (Fsp3) is 0.909. The second kappa shape index (κ2) is 12.7. The molecule has 0 aromatic carbocycles. The van der Waals surface area contributed by atoms with E-state index < -0.39 is 11.2 Å². The first-order chi connectivity index (χ1) is 7.04. The molecule has 1 unspecified atom stereocenters. The Hall–Kier alpha value is 0.619. The monoisotopic (exact) mass is 340 g/mol. The summed E-state index contributed by atoms with van der Waals surface area (Å²) in [5.74, 6) is -0.0431. The molecule has 0 aliphatic rings. The number of thiol groups is 1. The Kier molecular flexibility index (Phi) is 15.2. The van der Waals surface area contributed by atoms with E-state index in [1.165, 1.54) is 35.4 Å². The minimum absolute atomic E-state index is 0.473. The summed E-state index contributed by atoms with van der Waals surface area (Å²) in [6.45, 7) is 4.41. The molecule has 0 saturated heterocycles. The standard InChI is InChI=1S/C10H20O2S.CH3.Sn.H/c1-8(2)6-4-3-5-7-9(13)10(11)12;;;/h8-9,13H,3-7H2,1-2H3,(H,11,12);1H3;;. The van der Waals surface area contributed by atoms with E-state index in [4.69, 9.17) is 5.11 Å². The molecule has 0 aromatic heterocycles. The van der Waals surface area contributed by atoms with Crippen LogP contribution in [-0.4, -0.2) is 38.9 Å². The number of carboxylic acids is 1. The summed E-state index contributed by atoms with van der Waals surface area (Å²) < 4.78 is 0. The first-order valence-corrected chi connectivity index (χ1v) is 9.34. The van der Waals surface area contributed by atoms with Gasteiger partial charge >= 0.3 is 33.4 Å². The first kappa shape index (κ1) is 18.0. The van der Waals surface area contributed by atoms with E-state index in [1.807, 2.05) is 0 Å². The Bertz CT molecular complexity index is 152. The molecule has 0 heterocycles. The Morgan fingerprint density at radius 2 is 1.67 bits per heavy atom. The molecule has 2 radical (unpaired) electrons. The van der Waals surface area contributed by atoms with Crippen LogP contribution in [0.3, 0.4) is 0 Å². The topological polar surface area (TPSA) is 37.3 Å². The zero-order chi connectivity index (χ0) is 12.3. The number of hydrogen-bond donors (Lipinski definition) is 2. The second-order valence-electron chi connectivity index (χ2n) is 3.89. The molecule has 0 spiro atoms. The molecule has 4 heteroatoms. The van der Waals surface area contributed by atoms with Crippen molar-refractivity contribution >= 4 is 41.1 Å². The average molecular weight is 339 g/mol. The number of carboxylic acid groups (broad SMARTS) is 1. The van der Waals surface area contributed by atoms with Crippen molar-refractivity contribution in [2.75, 3.05) is 0 Å². The third-order valence-electron chi connectivity index (χ3n) is 2.04. The van der Waals surface area contributed by atoms with Gasteiger partial charge in [-0.15, -0.1) is 0 Å². The molecule has 0 aromatic rings. The van der Waals surface area contributed by atoms with E-state index in [-0.39, 0.29) is 0 Å². The SMILES string of the molecule is CC(C)CCCCCC(S)C(=O)O.[CH3][SnH]. The quantitative estimate of drug-likeness (QED) is 0.425.